The van der Waals surface area contributed by atoms with Crippen LogP contribution in [0.3, 0.4) is 0 Å². The van der Waals surface area contributed by atoms with E-state index in [1.807, 2.05) is 60.8 Å². The van der Waals surface area contributed by atoms with Gasteiger partial charge in [-0.3, -0.25) is 4.57 Å². The Morgan fingerprint density at radius 2 is 1.33 bits per heavy atom. The summed E-state index contributed by atoms with van der Waals surface area (Å²) in [7, 11) is 0. The minimum atomic E-state index is -0.571. The van der Waals surface area contributed by atoms with E-state index in [0.717, 1.165) is 27.6 Å². The van der Waals surface area contributed by atoms with Gasteiger partial charge in [0.05, 0.1) is 30.4 Å². The third-order valence-corrected chi connectivity index (χ3v) is 10.9. The van der Waals surface area contributed by atoms with Gasteiger partial charge < -0.3 is 13.9 Å². The predicted octanol–water partition coefficient (Wildman–Crippen LogP) is 13.1. The van der Waals surface area contributed by atoms with Gasteiger partial charge in [0.15, 0.2) is 0 Å². The number of rotatable bonds is 8. The molecule has 0 saturated heterocycles. The van der Waals surface area contributed by atoms with Crippen LogP contribution in [0.1, 0.15) is 52.9 Å². The van der Waals surface area contributed by atoms with Crippen molar-refractivity contribution in [2.24, 2.45) is 5.41 Å². The maximum atomic E-state index is 9.00. The summed E-state index contributed by atoms with van der Waals surface area (Å²) in [6.45, 7) is 8.92. The zero-order chi connectivity index (χ0) is 48.8. The summed E-state index contributed by atoms with van der Waals surface area (Å²) in [5.41, 5.74) is 4.82. The summed E-state index contributed by atoms with van der Waals surface area (Å²) in [5, 5.41) is 2.03. The fourth-order valence-corrected chi connectivity index (χ4v) is 7.60. The van der Waals surface area contributed by atoms with E-state index in [1.54, 1.807) is 39.5 Å². The van der Waals surface area contributed by atoms with Crippen LogP contribution >= 0.6 is 0 Å². The number of imidazole rings is 1. The first-order chi connectivity index (χ1) is 33.0. The molecule has 296 valence electrons. The molecule has 1 unspecified atom stereocenters. The molecule has 0 bridgehead atoms. The van der Waals surface area contributed by atoms with Crippen LogP contribution in [-0.2, 0) is 21.1 Å². The minimum Gasteiger partial charge on any atom is -0.510 e. The molecule has 60 heavy (non-hydrogen) atoms. The second kappa shape index (κ2) is 15.9. The Kier molecular flexibility index (Phi) is 7.63. The van der Waals surface area contributed by atoms with E-state index in [0.29, 0.717) is 28.2 Å². The molecule has 3 aromatic heterocycles. The number of ether oxygens (including phenoxy) is 1. The Morgan fingerprint density at radius 3 is 2.05 bits per heavy atom. The second-order valence-electron chi connectivity index (χ2n) is 15.4. The van der Waals surface area contributed by atoms with E-state index in [1.165, 1.54) is 5.56 Å². The number of aromatic nitrogens is 4. The number of para-hydroxylation sites is 4. The van der Waals surface area contributed by atoms with Crippen LogP contribution < -0.4 is 9.30 Å². The first kappa shape index (κ1) is 28.8. The molecule has 0 fully saturated rings. The molecular formula is C54H42N4OPt-2. The van der Waals surface area contributed by atoms with Crippen LogP contribution in [0.5, 0.6) is 11.5 Å². The molecule has 6 heteroatoms. The molecule has 7 aromatic carbocycles. The van der Waals surface area contributed by atoms with Crippen LogP contribution in [0.25, 0.3) is 72.3 Å². The van der Waals surface area contributed by atoms with Crippen molar-refractivity contribution < 1.29 is 44.1 Å². The summed E-state index contributed by atoms with van der Waals surface area (Å²) in [6.07, 6.45) is 5.25. The molecular weight excluding hydrogens is 916 g/mol. The van der Waals surface area contributed by atoms with Gasteiger partial charge in [-0.25, -0.2) is 4.98 Å². The summed E-state index contributed by atoms with van der Waals surface area (Å²) in [5.74, 6) is 1.83. The van der Waals surface area contributed by atoms with E-state index in [-0.39, 0.29) is 60.3 Å². The van der Waals surface area contributed by atoms with Gasteiger partial charge in [0.1, 0.15) is 5.82 Å². The van der Waals surface area contributed by atoms with E-state index in [4.69, 9.17) is 23.4 Å². The molecule has 10 aromatic rings. The van der Waals surface area contributed by atoms with E-state index < -0.39 is 60.4 Å². The molecule has 0 aliphatic heterocycles. The zero-order valence-corrected chi connectivity index (χ0v) is 35.3. The average molecular weight is 968 g/mol. The molecule has 0 aliphatic carbocycles. The average Bonchev–Trinajstić information content (AvgIpc) is 3.89. The van der Waals surface area contributed by atoms with Gasteiger partial charge >= 0.3 is 0 Å². The topological polar surface area (TPSA) is 35.9 Å². The fraction of sp³-hybridized carbons (Fsp3) is 0.111. The van der Waals surface area contributed by atoms with E-state index >= 15 is 0 Å². The third kappa shape index (κ3) is 7.03. The monoisotopic (exact) mass is 967 g/mol. The molecule has 0 spiro atoms. The molecule has 5 nitrogen and oxygen atoms in total. The van der Waals surface area contributed by atoms with Crippen LogP contribution in [0.4, 0.5) is 0 Å². The Balaban J connectivity index is 0.00000608. The number of pyridine rings is 1. The second-order valence-corrected chi connectivity index (χ2v) is 15.4. The van der Waals surface area contributed by atoms with Crippen LogP contribution in [0, 0.1) is 23.9 Å². The molecule has 0 saturated carbocycles. The van der Waals surface area contributed by atoms with Crippen LogP contribution in [-0.4, -0.2) is 14.1 Å². The Bertz CT molecular complexity index is 3600. The molecule has 1 atom stereocenters. The summed E-state index contributed by atoms with van der Waals surface area (Å²) >= 11 is 0. The Morgan fingerprint density at radius 1 is 0.683 bits per heavy atom. The Labute approximate surface area is 379 Å². The maximum absolute atomic E-state index is 9.00. The first-order valence-electron chi connectivity index (χ1n) is 24.3. The van der Waals surface area contributed by atoms with Gasteiger partial charge in [0.25, 0.3) is 6.33 Å². The van der Waals surface area contributed by atoms with E-state index in [2.05, 4.69) is 75.0 Å². The maximum Gasteiger partial charge on any atom is 0.268 e. The number of hydrogen-bond donors (Lipinski definition) is 0. The quantitative estimate of drug-likeness (QED) is 0.112. The minimum absolute atomic E-state index is 0. The van der Waals surface area contributed by atoms with Crippen molar-refractivity contribution in [2.45, 2.75) is 33.6 Å². The van der Waals surface area contributed by atoms with Crippen molar-refractivity contribution >= 4 is 32.8 Å². The molecule has 0 amide bonds. The van der Waals surface area contributed by atoms with Gasteiger partial charge in [0.2, 0.25) is 0 Å². The van der Waals surface area contributed by atoms with Crippen molar-refractivity contribution in [3.63, 3.8) is 0 Å². The molecule has 0 radical (unpaired) electrons. The number of benzene rings is 7. The van der Waals surface area contributed by atoms with Crippen molar-refractivity contribution in [2.75, 3.05) is 0 Å². The third-order valence-electron chi connectivity index (χ3n) is 10.9. The first-order valence-corrected chi connectivity index (χ1v) is 19.3. The van der Waals surface area contributed by atoms with E-state index in [9.17, 15) is 0 Å². The summed E-state index contributed by atoms with van der Waals surface area (Å²) < 4.78 is 98.8. The van der Waals surface area contributed by atoms with Gasteiger partial charge in [-0.05, 0) is 68.4 Å². The predicted molar refractivity (Wildman–Crippen MR) is 239 cm³/mol. The number of fused-ring (bicyclic) bond motifs is 4. The van der Waals surface area contributed by atoms with Gasteiger partial charge in [0, 0.05) is 44.3 Å². The fourth-order valence-electron chi connectivity index (χ4n) is 7.60. The largest absolute Gasteiger partial charge is 0.510 e. The van der Waals surface area contributed by atoms with Gasteiger partial charge in [-0.15, -0.1) is 29.7 Å². The van der Waals surface area contributed by atoms with Crippen molar-refractivity contribution in [3.05, 3.63) is 200 Å². The standard InChI is InChI=1S/C54H42N4O.Pt/c1-37(54(2,3)4)40-31-32-55-52(33-40)58-48-26-12-11-23-46(48)47-30-29-43(35-51(47)58)59-42-22-15-21-41(34-42)56-36-57(50-28-14-13-27-49(50)56)53-44(38-17-7-5-8-18-38)24-16-25-45(53)39-19-9-6-10-20-39;/h5-33,37H,1-4H3;/q-2;/i5D,6D,7D,8D,9D,10D,17D,18D,19D,20D;. The molecule has 0 aliphatic rings. The van der Waals surface area contributed by atoms with Crippen LogP contribution in [0.15, 0.2) is 176 Å². The number of nitrogens with zero attached hydrogens (tertiary/aromatic N) is 4. The van der Waals surface area contributed by atoms with Gasteiger partial charge in [-0.2, -0.15) is 18.2 Å². The summed E-state index contributed by atoms with van der Waals surface area (Å²) in [4.78, 5) is 4.84. The van der Waals surface area contributed by atoms with Crippen LogP contribution in [0.2, 0.25) is 0 Å². The van der Waals surface area contributed by atoms with Crippen molar-refractivity contribution in [3.8, 4) is 50.9 Å². The molecule has 0 N–H and O–H groups in total. The molecule has 10 rings (SSSR count). The smallest absolute Gasteiger partial charge is 0.268 e. The SMILES string of the molecule is [2H]c1c([2H])c([2H])c(-c2cccc(-c3c([2H])c([2H])c([2H])c([2H])c3[2H])c2-[n+]2[c-]n(-c3[c-]c(Oc4[c-]c5c(cc4)c4ccccc4n5-c4cc(C(C)C(C)(C)C)ccn4)ccc3)c3ccccc32)c([2H])c1[2H].[Pt]. The molecule has 3 heterocycles. The number of hydrogen-bond acceptors (Lipinski definition) is 2. The normalized spacial score (nSPS) is 14.5. The zero-order valence-electron chi connectivity index (χ0n) is 43.1. The Hall–Kier alpha value is -6.55. The van der Waals surface area contributed by atoms with Crippen molar-refractivity contribution in [1.82, 2.24) is 14.1 Å². The van der Waals surface area contributed by atoms with Gasteiger partial charge in [-0.1, -0.05) is 154 Å². The van der Waals surface area contributed by atoms with Crippen molar-refractivity contribution in [1.29, 1.82) is 0 Å². The summed E-state index contributed by atoms with van der Waals surface area (Å²) in [6, 6.07) is 35.4.